The highest BCUT2D eigenvalue weighted by atomic mass is 19.1. The van der Waals surface area contributed by atoms with Crippen LogP contribution in [0.1, 0.15) is 37.8 Å². The third kappa shape index (κ3) is 4.47. The Morgan fingerprint density at radius 1 is 1.14 bits per heavy atom. The van der Waals surface area contributed by atoms with Crippen molar-refractivity contribution < 1.29 is 23.4 Å². The standard InChI is InChI=1S/C20H25FN4O4/c1-15(16-2-3-18(22-12-16)25-14-17(21)13-23-25)24-7-9-27-8-6-20(5-4-19(24)26)28-10-11-29-20/h2-3,12-15H,4-11H2,1H3. The van der Waals surface area contributed by atoms with Gasteiger partial charge in [-0.15, -0.1) is 0 Å². The Labute approximate surface area is 168 Å². The molecule has 2 aromatic heterocycles. The summed E-state index contributed by atoms with van der Waals surface area (Å²) in [4.78, 5) is 19.1. The van der Waals surface area contributed by atoms with Crippen LogP contribution < -0.4 is 0 Å². The third-order valence-electron chi connectivity index (χ3n) is 5.46. The van der Waals surface area contributed by atoms with E-state index in [9.17, 15) is 9.18 Å². The second kappa shape index (κ2) is 8.56. The van der Waals surface area contributed by atoms with Crippen LogP contribution in [0.4, 0.5) is 4.39 Å². The molecule has 0 radical (unpaired) electrons. The first kappa shape index (κ1) is 19.9. The van der Waals surface area contributed by atoms with Gasteiger partial charge in [0.15, 0.2) is 17.4 Å². The molecule has 2 aliphatic heterocycles. The fourth-order valence-electron chi connectivity index (χ4n) is 3.76. The Bertz CT molecular complexity index is 835. The molecule has 1 spiro atoms. The van der Waals surface area contributed by atoms with Crippen LogP contribution >= 0.6 is 0 Å². The molecule has 0 aliphatic carbocycles. The minimum absolute atomic E-state index is 0.0275. The van der Waals surface area contributed by atoms with E-state index in [1.807, 2.05) is 13.0 Å². The van der Waals surface area contributed by atoms with Gasteiger partial charge in [0.2, 0.25) is 5.91 Å². The largest absolute Gasteiger partial charge is 0.379 e. The predicted molar refractivity (Wildman–Crippen MR) is 101 cm³/mol. The predicted octanol–water partition coefficient (Wildman–Crippen LogP) is 2.24. The number of halogens is 1. The van der Waals surface area contributed by atoms with Crippen molar-refractivity contribution in [3.8, 4) is 5.82 Å². The van der Waals surface area contributed by atoms with Crippen LogP contribution in [0.3, 0.4) is 0 Å². The number of ether oxygens (including phenoxy) is 3. The van der Waals surface area contributed by atoms with Gasteiger partial charge in [-0.05, 0) is 18.6 Å². The first-order valence-electron chi connectivity index (χ1n) is 9.88. The zero-order valence-electron chi connectivity index (χ0n) is 16.4. The molecule has 2 aliphatic rings. The van der Waals surface area contributed by atoms with Crippen LogP contribution in [0.15, 0.2) is 30.7 Å². The number of carbonyl (C=O) groups excluding carboxylic acids is 1. The highest BCUT2D eigenvalue weighted by Crippen LogP contribution is 2.31. The lowest BCUT2D eigenvalue weighted by molar-refractivity contribution is -0.181. The Morgan fingerprint density at radius 3 is 2.66 bits per heavy atom. The second-order valence-corrected chi connectivity index (χ2v) is 7.29. The molecule has 9 heteroatoms. The van der Waals surface area contributed by atoms with Crippen molar-refractivity contribution in [2.75, 3.05) is 33.0 Å². The van der Waals surface area contributed by atoms with Crippen LogP contribution in [0.5, 0.6) is 0 Å². The van der Waals surface area contributed by atoms with Crippen LogP contribution in [-0.2, 0) is 19.0 Å². The molecular formula is C20H25FN4O4. The molecule has 1 atom stereocenters. The summed E-state index contributed by atoms with van der Waals surface area (Å²) in [6, 6.07) is 3.46. The van der Waals surface area contributed by atoms with Crippen molar-refractivity contribution in [2.24, 2.45) is 0 Å². The molecular weight excluding hydrogens is 379 g/mol. The number of hydrogen-bond donors (Lipinski definition) is 0. The van der Waals surface area contributed by atoms with Crippen molar-refractivity contribution in [1.29, 1.82) is 0 Å². The number of aromatic nitrogens is 3. The number of carbonyl (C=O) groups is 1. The molecule has 8 nitrogen and oxygen atoms in total. The Balaban J connectivity index is 1.47. The monoisotopic (exact) mass is 404 g/mol. The Morgan fingerprint density at radius 2 is 1.97 bits per heavy atom. The Hall–Kier alpha value is -2.36. The zero-order chi connectivity index (χ0) is 20.3. The Kier molecular flexibility index (Phi) is 5.89. The molecule has 0 saturated carbocycles. The van der Waals surface area contributed by atoms with Gasteiger partial charge in [0, 0.05) is 32.0 Å². The van der Waals surface area contributed by atoms with Crippen molar-refractivity contribution >= 4 is 5.91 Å². The van der Waals surface area contributed by atoms with Crippen LogP contribution in [0, 0.1) is 5.82 Å². The lowest BCUT2D eigenvalue weighted by atomic mass is 10.0. The molecule has 4 heterocycles. The number of hydrogen-bond acceptors (Lipinski definition) is 6. The molecule has 156 valence electrons. The second-order valence-electron chi connectivity index (χ2n) is 7.29. The quantitative estimate of drug-likeness (QED) is 0.781. The van der Waals surface area contributed by atoms with E-state index >= 15 is 0 Å². The van der Waals surface area contributed by atoms with Gasteiger partial charge in [0.25, 0.3) is 0 Å². The molecule has 0 bridgehead atoms. The maximum Gasteiger partial charge on any atom is 0.223 e. The maximum atomic E-state index is 13.2. The van der Waals surface area contributed by atoms with Crippen molar-refractivity contribution in [2.45, 2.75) is 38.0 Å². The van der Waals surface area contributed by atoms with Gasteiger partial charge in [-0.25, -0.2) is 14.1 Å². The molecule has 1 amide bonds. The average molecular weight is 404 g/mol. The molecule has 2 aromatic rings. The molecule has 29 heavy (non-hydrogen) atoms. The maximum absolute atomic E-state index is 13.2. The van der Waals surface area contributed by atoms with E-state index in [-0.39, 0.29) is 11.9 Å². The van der Waals surface area contributed by atoms with E-state index in [4.69, 9.17) is 14.2 Å². The van der Waals surface area contributed by atoms with E-state index in [0.29, 0.717) is 58.1 Å². The first-order valence-corrected chi connectivity index (χ1v) is 9.88. The molecule has 0 aromatic carbocycles. The van der Waals surface area contributed by atoms with Crippen molar-refractivity contribution in [3.05, 3.63) is 42.1 Å². The summed E-state index contributed by atoms with van der Waals surface area (Å²) in [5.74, 6) is -0.586. The average Bonchev–Trinajstić information content (AvgIpc) is 3.38. The number of amides is 1. The van der Waals surface area contributed by atoms with E-state index in [1.54, 1.807) is 17.2 Å². The normalized spacial score (nSPS) is 21.4. The highest BCUT2D eigenvalue weighted by molar-refractivity contribution is 5.76. The summed E-state index contributed by atoms with van der Waals surface area (Å²) in [5.41, 5.74) is 0.884. The van der Waals surface area contributed by atoms with E-state index in [1.165, 1.54) is 10.9 Å². The van der Waals surface area contributed by atoms with Gasteiger partial charge in [0.1, 0.15) is 0 Å². The van der Waals surface area contributed by atoms with E-state index in [2.05, 4.69) is 10.1 Å². The van der Waals surface area contributed by atoms with Gasteiger partial charge >= 0.3 is 0 Å². The lowest BCUT2D eigenvalue weighted by Gasteiger charge is -2.33. The van der Waals surface area contributed by atoms with Crippen molar-refractivity contribution in [1.82, 2.24) is 19.7 Å². The van der Waals surface area contributed by atoms with Gasteiger partial charge < -0.3 is 19.1 Å². The zero-order valence-corrected chi connectivity index (χ0v) is 16.4. The summed E-state index contributed by atoms with van der Waals surface area (Å²) < 4.78 is 31.8. The topological polar surface area (TPSA) is 78.7 Å². The van der Waals surface area contributed by atoms with Crippen molar-refractivity contribution in [3.63, 3.8) is 0 Å². The number of rotatable bonds is 3. The molecule has 2 fully saturated rings. The highest BCUT2D eigenvalue weighted by Gasteiger charge is 2.38. The summed E-state index contributed by atoms with van der Waals surface area (Å²) in [7, 11) is 0. The summed E-state index contributed by atoms with van der Waals surface area (Å²) >= 11 is 0. The minimum Gasteiger partial charge on any atom is -0.379 e. The lowest BCUT2D eigenvalue weighted by Crippen LogP contribution is -2.40. The van der Waals surface area contributed by atoms with Gasteiger partial charge in [0.05, 0.1) is 44.9 Å². The van der Waals surface area contributed by atoms with E-state index < -0.39 is 11.6 Å². The molecule has 4 rings (SSSR count). The molecule has 2 saturated heterocycles. The van der Waals surface area contributed by atoms with Gasteiger partial charge in [-0.2, -0.15) is 5.10 Å². The van der Waals surface area contributed by atoms with Crippen LogP contribution in [0.25, 0.3) is 5.82 Å². The number of pyridine rings is 1. The minimum atomic E-state index is -0.704. The fraction of sp³-hybridized carbons (Fsp3) is 0.550. The molecule has 1 unspecified atom stereocenters. The molecule has 0 N–H and O–H groups in total. The SMILES string of the molecule is CC(c1ccc(-n2cc(F)cn2)nc1)N1CCOCCC2(CCC1=O)OCCO2. The third-order valence-corrected chi connectivity index (χ3v) is 5.46. The van der Waals surface area contributed by atoms with Gasteiger partial charge in [-0.1, -0.05) is 6.07 Å². The van der Waals surface area contributed by atoms with Crippen LogP contribution in [0.2, 0.25) is 0 Å². The number of nitrogens with zero attached hydrogens (tertiary/aromatic N) is 4. The fourth-order valence-corrected chi connectivity index (χ4v) is 3.76. The summed E-state index contributed by atoms with van der Waals surface area (Å²) in [6.07, 6.45) is 5.59. The first-order chi connectivity index (χ1) is 14.1. The summed E-state index contributed by atoms with van der Waals surface area (Å²) in [6.45, 7) is 4.55. The van der Waals surface area contributed by atoms with Gasteiger partial charge in [-0.3, -0.25) is 4.79 Å². The summed E-state index contributed by atoms with van der Waals surface area (Å²) in [5, 5.41) is 3.91. The van der Waals surface area contributed by atoms with Crippen LogP contribution in [-0.4, -0.2) is 64.3 Å². The van der Waals surface area contributed by atoms with E-state index in [0.717, 1.165) is 11.8 Å². The smallest absolute Gasteiger partial charge is 0.223 e.